The summed E-state index contributed by atoms with van der Waals surface area (Å²) in [4.78, 5) is 1.26. The van der Waals surface area contributed by atoms with Crippen molar-refractivity contribution in [3.63, 3.8) is 0 Å². The molecule has 0 spiro atoms. The second-order valence-corrected chi connectivity index (χ2v) is 8.11. The first-order valence-electron chi connectivity index (χ1n) is 8.81. The monoisotopic (exact) mass is 290 g/mol. The summed E-state index contributed by atoms with van der Waals surface area (Å²) in [5.74, 6) is 4.01. The second-order valence-electron chi connectivity index (χ2n) is 7.53. The van der Waals surface area contributed by atoms with Crippen LogP contribution in [-0.2, 0) is 0 Å². The highest BCUT2D eigenvalue weighted by Crippen LogP contribution is 2.43. The average molecular weight is 291 g/mol. The van der Waals surface area contributed by atoms with Gasteiger partial charge in [0.2, 0.25) is 0 Å². The molecular formula is C19H30S. The molecular weight excluding hydrogens is 260 g/mol. The predicted molar refractivity (Wildman–Crippen MR) is 91.0 cm³/mol. The fourth-order valence-corrected chi connectivity index (χ4v) is 4.89. The average Bonchev–Trinajstić information content (AvgIpc) is 2.49. The van der Waals surface area contributed by atoms with Gasteiger partial charge in [-0.1, -0.05) is 37.5 Å². The van der Waals surface area contributed by atoms with Gasteiger partial charge < -0.3 is 0 Å². The van der Waals surface area contributed by atoms with Crippen LogP contribution in [0.15, 0.2) is 22.6 Å². The summed E-state index contributed by atoms with van der Waals surface area (Å²) in [6.07, 6.45) is 19.0. The Bertz CT molecular complexity index is 377. The number of allylic oxidation sites excluding steroid dienone is 4. The van der Waals surface area contributed by atoms with Crippen molar-refractivity contribution >= 4 is 12.6 Å². The fraction of sp³-hybridized carbons (Fsp3) is 0.789. The summed E-state index contributed by atoms with van der Waals surface area (Å²) in [6, 6.07) is 0. The van der Waals surface area contributed by atoms with Crippen LogP contribution in [0.3, 0.4) is 0 Å². The van der Waals surface area contributed by atoms with E-state index in [0.717, 1.165) is 23.7 Å². The van der Waals surface area contributed by atoms with Crippen LogP contribution in [0.1, 0.15) is 71.1 Å². The Hall–Kier alpha value is -0.170. The van der Waals surface area contributed by atoms with Gasteiger partial charge in [0.25, 0.3) is 0 Å². The third-order valence-electron chi connectivity index (χ3n) is 6.18. The third kappa shape index (κ3) is 3.53. The lowest BCUT2D eigenvalue weighted by Crippen LogP contribution is -2.26. The molecule has 0 atom stereocenters. The summed E-state index contributed by atoms with van der Waals surface area (Å²) in [7, 11) is 0. The number of hydrogen-bond donors (Lipinski definition) is 1. The zero-order valence-electron chi connectivity index (χ0n) is 13.0. The molecule has 3 aliphatic rings. The zero-order valence-corrected chi connectivity index (χ0v) is 13.9. The van der Waals surface area contributed by atoms with Gasteiger partial charge in [-0.05, 0) is 79.9 Å². The minimum absolute atomic E-state index is 0.895. The van der Waals surface area contributed by atoms with Gasteiger partial charge in [0.15, 0.2) is 0 Å². The molecule has 0 amide bonds. The lowest BCUT2D eigenvalue weighted by Gasteiger charge is -2.38. The lowest BCUT2D eigenvalue weighted by molar-refractivity contribution is 0.157. The van der Waals surface area contributed by atoms with Crippen molar-refractivity contribution in [1.29, 1.82) is 0 Å². The van der Waals surface area contributed by atoms with E-state index in [0.29, 0.717) is 0 Å². The van der Waals surface area contributed by atoms with Crippen LogP contribution in [-0.4, -0.2) is 0 Å². The molecule has 0 heterocycles. The smallest absolute Gasteiger partial charge is 0.0181 e. The molecule has 0 aromatic rings. The Morgan fingerprint density at radius 2 is 1.40 bits per heavy atom. The van der Waals surface area contributed by atoms with Crippen LogP contribution in [0.4, 0.5) is 0 Å². The highest BCUT2D eigenvalue weighted by molar-refractivity contribution is 7.84. The van der Waals surface area contributed by atoms with Crippen LogP contribution in [0.2, 0.25) is 0 Å². The van der Waals surface area contributed by atoms with Gasteiger partial charge in [0.05, 0.1) is 0 Å². The first kappa shape index (κ1) is 14.8. The van der Waals surface area contributed by atoms with E-state index in [2.05, 4.69) is 31.7 Å². The van der Waals surface area contributed by atoms with Crippen molar-refractivity contribution in [1.82, 2.24) is 0 Å². The van der Waals surface area contributed by atoms with Gasteiger partial charge in [-0.2, -0.15) is 0 Å². The molecule has 0 aliphatic heterocycles. The van der Waals surface area contributed by atoms with Crippen molar-refractivity contribution < 1.29 is 0 Å². The lowest BCUT2D eigenvalue weighted by atomic mass is 9.68. The fourth-order valence-electron chi connectivity index (χ4n) is 4.70. The molecule has 0 bridgehead atoms. The molecule has 0 aromatic heterocycles. The number of hydrogen-bond acceptors (Lipinski definition) is 1. The van der Waals surface area contributed by atoms with Crippen LogP contribution >= 0.6 is 12.6 Å². The molecule has 0 unspecified atom stereocenters. The molecule has 0 nitrogen and oxygen atoms in total. The van der Waals surface area contributed by atoms with E-state index >= 15 is 0 Å². The largest absolute Gasteiger partial charge is 0.148 e. The first-order valence-corrected chi connectivity index (χ1v) is 9.25. The standard InChI is InChI=1S/C19H30S/c1-14-2-4-15(5-3-14)16-6-8-17(9-7-16)18-10-12-19(20)13-11-18/h10,12,14-17,20H,2-9,11,13H2,1H3. The van der Waals surface area contributed by atoms with Crippen LogP contribution < -0.4 is 0 Å². The molecule has 20 heavy (non-hydrogen) atoms. The Morgan fingerprint density at radius 3 is 1.95 bits per heavy atom. The van der Waals surface area contributed by atoms with E-state index in [9.17, 15) is 0 Å². The van der Waals surface area contributed by atoms with Crippen LogP contribution in [0.5, 0.6) is 0 Å². The maximum Gasteiger partial charge on any atom is -0.0181 e. The van der Waals surface area contributed by atoms with Gasteiger partial charge in [0.1, 0.15) is 0 Å². The van der Waals surface area contributed by atoms with E-state index < -0.39 is 0 Å². The van der Waals surface area contributed by atoms with Crippen LogP contribution in [0.25, 0.3) is 0 Å². The number of thiol groups is 1. The van der Waals surface area contributed by atoms with E-state index in [1.54, 1.807) is 5.57 Å². The zero-order chi connectivity index (χ0) is 13.9. The van der Waals surface area contributed by atoms with E-state index in [-0.39, 0.29) is 0 Å². The van der Waals surface area contributed by atoms with Crippen molar-refractivity contribution in [2.45, 2.75) is 71.1 Å². The van der Waals surface area contributed by atoms with Gasteiger partial charge in [-0.15, -0.1) is 12.6 Å². The highest BCUT2D eigenvalue weighted by Gasteiger charge is 2.30. The molecule has 0 aromatic carbocycles. The molecule has 3 rings (SSSR count). The summed E-state index contributed by atoms with van der Waals surface area (Å²) < 4.78 is 0. The predicted octanol–water partition coefficient (Wildman–Crippen LogP) is 6.15. The third-order valence-corrected chi connectivity index (χ3v) is 6.56. The number of rotatable bonds is 2. The van der Waals surface area contributed by atoms with E-state index in [1.807, 2.05) is 0 Å². The SMILES string of the molecule is CC1CCC(C2CCC(C3=CC=C(S)CC3)CC2)CC1. The Labute approximate surface area is 130 Å². The van der Waals surface area contributed by atoms with E-state index in [4.69, 9.17) is 0 Å². The Balaban J connectivity index is 1.50. The molecule has 0 radical (unpaired) electrons. The van der Waals surface area contributed by atoms with Crippen molar-refractivity contribution in [3.8, 4) is 0 Å². The molecule has 1 heteroatoms. The topological polar surface area (TPSA) is 0 Å². The molecule has 0 N–H and O–H groups in total. The second kappa shape index (κ2) is 6.73. The molecule has 3 aliphatic carbocycles. The van der Waals surface area contributed by atoms with Gasteiger partial charge in [0, 0.05) is 0 Å². The molecule has 0 saturated heterocycles. The Morgan fingerprint density at radius 1 is 0.800 bits per heavy atom. The molecule has 112 valence electrons. The normalized spacial score (nSPS) is 39.1. The maximum absolute atomic E-state index is 4.47. The minimum Gasteiger partial charge on any atom is -0.148 e. The highest BCUT2D eigenvalue weighted by atomic mass is 32.1. The summed E-state index contributed by atoms with van der Waals surface area (Å²) in [5.41, 5.74) is 1.72. The quantitative estimate of drug-likeness (QED) is 0.579. The maximum atomic E-state index is 4.47. The summed E-state index contributed by atoms with van der Waals surface area (Å²) >= 11 is 4.47. The van der Waals surface area contributed by atoms with Gasteiger partial charge in [-0.3, -0.25) is 0 Å². The van der Waals surface area contributed by atoms with Gasteiger partial charge in [-0.25, -0.2) is 0 Å². The van der Waals surface area contributed by atoms with Crippen molar-refractivity contribution in [2.24, 2.45) is 23.7 Å². The van der Waals surface area contributed by atoms with Crippen molar-refractivity contribution in [2.75, 3.05) is 0 Å². The minimum atomic E-state index is 0.895. The molecule has 2 fully saturated rings. The van der Waals surface area contributed by atoms with Gasteiger partial charge >= 0.3 is 0 Å². The summed E-state index contributed by atoms with van der Waals surface area (Å²) in [5, 5.41) is 0. The Kier molecular flexibility index (Phi) is 4.96. The van der Waals surface area contributed by atoms with E-state index in [1.165, 1.54) is 69.1 Å². The van der Waals surface area contributed by atoms with Crippen molar-refractivity contribution in [3.05, 3.63) is 22.6 Å². The summed E-state index contributed by atoms with van der Waals surface area (Å²) in [6.45, 7) is 2.44. The van der Waals surface area contributed by atoms with Crippen LogP contribution in [0, 0.1) is 23.7 Å². The molecule has 2 saturated carbocycles. The first-order chi connectivity index (χ1) is 9.72.